The normalized spacial score (nSPS) is 33.9. The van der Waals surface area contributed by atoms with Gasteiger partial charge in [-0.2, -0.15) is 0 Å². The molecular weight excluding hydrogens is 164 g/mol. The molecule has 0 aromatic rings. The Morgan fingerprint density at radius 1 is 1.15 bits per heavy atom. The first-order valence-electron chi connectivity index (χ1n) is 5.45. The van der Waals surface area contributed by atoms with Gasteiger partial charge in [0.05, 0.1) is 11.7 Å². The van der Waals surface area contributed by atoms with Crippen molar-refractivity contribution in [1.29, 1.82) is 0 Å². The molecule has 0 spiro atoms. The van der Waals surface area contributed by atoms with Crippen molar-refractivity contribution in [1.82, 2.24) is 0 Å². The Bertz CT molecular complexity index is 124. The highest BCUT2D eigenvalue weighted by molar-refractivity contribution is 4.87. The van der Waals surface area contributed by atoms with Crippen LogP contribution in [0.15, 0.2) is 0 Å². The number of aliphatic hydroxyl groups excluding tert-OH is 1. The first kappa shape index (κ1) is 12.9. The maximum atomic E-state index is 9.96. The van der Waals surface area contributed by atoms with Crippen molar-refractivity contribution in [3.8, 4) is 0 Å². The van der Waals surface area contributed by atoms with E-state index in [1.165, 1.54) is 0 Å². The van der Waals surface area contributed by atoms with Crippen molar-refractivity contribution in [3.05, 3.63) is 0 Å². The average molecular weight is 188 g/mol. The lowest BCUT2D eigenvalue weighted by molar-refractivity contribution is -0.0636. The molecule has 2 nitrogen and oxygen atoms in total. The molecular formula is C11H24O2. The summed E-state index contributed by atoms with van der Waals surface area (Å²) in [5.74, 6) is 0.315. The van der Waals surface area contributed by atoms with E-state index in [9.17, 15) is 10.2 Å². The van der Waals surface area contributed by atoms with Crippen LogP contribution in [-0.2, 0) is 0 Å². The zero-order valence-corrected chi connectivity index (χ0v) is 9.38. The van der Waals surface area contributed by atoms with Gasteiger partial charge in [-0.15, -0.1) is 0 Å². The van der Waals surface area contributed by atoms with Gasteiger partial charge in [0, 0.05) is 0 Å². The zero-order valence-electron chi connectivity index (χ0n) is 9.38. The molecule has 2 heteroatoms. The second kappa shape index (κ2) is 5.61. The smallest absolute Gasteiger partial charge is 0.0672 e. The maximum Gasteiger partial charge on any atom is 0.0672 e. The Kier molecular flexibility index (Phi) is 5.57. The van der Waals surface area contributed by atoms with Crippen LogP contribution in [0.2, 0.25) is 0 Å². The zero-order chi connectivity index (χ0) is 10.5. The molecule has 0 amide bonds. The highest BCUT2D eigenvalue weighted by Crippen LogP contribution is 2.33. The standard InChI is InChI=1S/C9H18O2.C2H6/c1-7(2)9(11)5-3-8(10)4-6-9;1-2/h7-8,10-11H,3-6H2,1-2H3;1-2H3. The monoisotopic (exact) mass is 188 g/mol. The third-order valence-corrected chi connectivity index (χ3v) is 2.90. The Hall–Kier alpha value is -0.0800. The van der Waals surface area contributed by atoms with Crippen LogP contribution in [0.1, 0.15) is 53.4 Å². The van der Waals surface area contributed by atoms with E-state index in [1.807, 2.05) is 27.7 Å². The maximum absolute atomic E-state index is 9.96. The Morgan fingerprint density at radius 3 is 1.85 bits per heavy atom. The van der Waals surface area contributed by atoms with E-state index in [-0.39, 0.29) is 6.10 Å². The molecule has 1 aliphatic carbocycles. The van der Waals surface area contributed by atoms with Crippen molar-refractivity contribution < 1.29 is 10.2 Å². The summed E-state index contributed by atoms with van der Waals surface area (Å²) in [6, 6.07) is 0. The van der Waals surface area contributed by atoms with Gasteiger partial charge in [-0.3, -0.25) is 0 Å². The molecule has 0 atom stereocenters. The average Bonchev–Trinajstić information content (AvgIpc) is 2.14. The van der Waals surface area contributed by atoms with Gasteiger partial charge in [0.15, 0.2) is 0 Å². The van der Waals surface area contributed by atoms with Crippen LogP contribution in [0.3, 0.4) is 0 Å². The van der Waals surface area contributed by atoms with Gasteiger partial charge in [0.25, 0.3) is 0 Å². The van der Waals surface area contributed by atoms with E-state index in [4.69, 9.17) is 0 Å². The lowest BCUT2D eigenvalue weighted by Crippen LogP contribution is -2.40. The molecule has 1 saturated carbocycles. The van der Waals surface area contributed by atoms with Crippen molar-refractivity contribution >= 4 is 0 Å². The van der Waals surface area contributed by atoms with Crippen LogP contribution in [0.4, 0.5) is 0 Å². The molecule has 0 unspecified atom stereocenters. The molecule has 0 aromatic carbocycles. The first-order chi connectivity index (χ1) is 6.04. The summed E-state index contributed by atoms with van der Waals surface area (Å²) in [6.45, 7) is 8.08. The van der Waals surface area contributed by atoms with Crippen molar-refractivity contribution in [2.75, 3.05) is 0 Å². The minimum Gasteiger partial charge on any atom is -0.393 e. The minimum atomic E-state index is -0.501. The minimum absolute atomic E-state index is 0.172. The van der Waals surface area contributed by atoms with Gasteiger partial charge in [0.1, 0.15) is 0 Å². The molecule has 0 saturated heterocycles. The van der Waals surface area contributed by atoms with Crippen molar-refractivity contribution in [2.45, 2.75) is 65.1 Å². The fourth-order valence-electron chi connectivity index (χ4n) is 1.68. The number of rotatable bonds is 1. The fourth-order valence-corrected chi connectivity index (χ4v) is 1.68. The van der Waals surface area contributed by atoms with Crippen LogP contribution < -0.4 is 0 Å². The molecule has 1 aliphatic rings. The Balaban J connectivity index is 0.000000671. The quantitative estimate of drug-likeness (QED) is 0.663. The van der Waals surface area contributed by atoms with Crippen LogP contribution in [0.25, 0.3) is 0 Å². The molecule has 0 aromatic heterocycles. The van der Waals surface area contributed by atoms with Crippen LogP contribution in [-0.4, -0.2) is 21.9 Å². The predicted octanol–water partition coefficient (Wildman–Crippen LogP) is 2.33. The Morgan fingerprint density at radius 2 is 1.54 bits per heavy atom. The molecule has 0 heterocycles. The SMILES string of the molecule is CC.CC(C)C1(O)CCC(O)CC1. The number of aliphatic hydroxyl groups is 2. The third kappa shape index (κ3) is 3.65. The topological polar surface area (TPSA) is 40.5 Å². The highest BCUT2D eigenvalue weighted by atomic mass is 16.3. The lowest BCUT2D eigenvalue weighted by atomic mass is 9.76. The van der Waals surface area contributed by atoms with Crippen LogP contribution in [0.5, 0.6) is 0 Å². The highest BCUT2D eigenvalue weighted by Gasteiger charge is 2.34. The van der Waals surface area contributed by atoms with Gasteiger partial charge in [-0.25, -0.2) is 0 Å². The Labute approximate surface area is 82.0 Å². The second-order valence-corrected chi connectivity index (χ2v) is 3.99. The summed E-state index contributed by atoms with van der Waals surface area (Å²) >= 11 is 0. The second-order valence-electron chi connectivity index (χ2n) is 3.99. The summed E-state index contributed by atoms with van der Waals surface area (Å²) < 4.78 is 0. The van der Waals surface area contributed by atoms with Gasteiger partial charge in [-0.05, 0) is 31.6 Å². The molecule has 13 heavy (non-hydrogen) atoms. The first-order valence-corrected chi connectivity index (χ1v) is 5.45. The van der Waals surface area contributed by atoms with E-state index < -0.39 is 5.60 Å². The molecule has 80 valence electrons. The fraction of sp³-hybridized carbons (Fsp3) is 1.00. The van der Waals surface area contributed by atoms with Crippen molar-refractivity contribution in [3.63, 3.8) is 0 Å². The van der Waals surface area contributed by atoms with E-state index in [0.717, 1.165) is 25.7 Å². The van der Waals surface area contributed by atoms with Crippen molar-refractivity contribution in [2.24, 2.45) is 5.92 Å². The van der Waals surface area contributed by atoms with Gasteiger partial charge >= 0.3 is 0 Å². The van der Waals surface area contributed by atoms with Crippen LogP contribution in [0, 0.1) is 5.92 Å². The molecule has 0 radical (unpaired) electrons. The summed E-state index contributed by atoms with van der Waals surface area (Å²) in [5.41, 5.74) is -0.501. The molecule has 0 aliphatic heterocycles. The lowest BCUT2D eigenvalue weighted by Gasteiger charge is -2.37. The van der Waals surface area contributed by atoms with E-state index in [2.05, 4.69) is 0 Å². The summed E-state index contributed by atoms with van der Waals surface area (Å²) in [5, 5.41) is 19.2. The van der Waals surface area contributed by atoms with Gasteiger partial charge in [0.2, 0.25) is 0 Å². The predicted molar refractivity (Wildman–Crippen MR) is 55.6 cm³/mol. The van der Waals surface area contributed by atoms with E-state index in [0.29, 0.717) is 5.92 Å². The summed E-state index contributed by atoms with van der Waals surface area (Å²) in [4.78, 5) is 0. The molecule has 0 bridgehead atoms. The largest absolute Gasteiger partial charge is 0.393 e. The molecule has 1 fully saturated rings. The summed E-state index contributed by atoms with van der Waals surface area (Å²) in [6.07, 6.45) is 2.86. The number of hydrogen-bond donors (Lipinski definition) is 2. The summed E-state index contributed by atoms with van der Waals surface area (Å²) in [7, 11) is 0. The van der Waals surface area contributed by atoms with Gasteiger partial charge in [-0.1, -0.05) is 27.7 Å². The van der Waals surface area contributed by atoms with Gasteiger partial charge < -0.3 is 10.2 Å². The number of hydrogen-bond acceptors (Lipinski definition) is 2. The molecule has 1 rings (SSSR count). The van der Waals surface area contributed by atoms with E-state index >= 15 is 0 Å². The van der Waals surface area contributed by atoms with Crippen LogP contribution >= 0.6 is 0 Å². The van der Waals surface area contributed by atoms with E-state index in [1.54, 1.807) is 0 Å². The third-order valence-electron chi connectivity index (χ3n) is 2.90. The molecule has 2 N–H and O–H groups in total.